The third-order valence-corrected chi connectivity index (χ3v) is 4.06. The molecule has 7 nitrogen and oxygen atoms in total. The molecule has 0 spiro atoms. The van der Waals surface area contributed by atoms with Crippen LogP contribution in [0.5, 0.6) is 11.5 Å². The van der Waals surface area contributed by atoms with Crippen LogP contribution in [0.1, 0.15) is 11.1 Å². The van der Waals surface area contributed by atoms with E-state index < -0.39 is 11.8 Å². The van der Waals surface area contributed by atoms with E-state index in [4.69, 9.17) is 9.47 Å². The molecule has 0 saturated carbocycles. The molecule has 2 aromatic rings. The van der Waals surface area contributed by atoms with E-state index in [2.05, 4.69) is 31.8 Å². The van der Waals surface area contributed by atoms with Gasteiger partial charge >= 0.3 is 11.8 Å². The number of aryl methyl sites for hydroxylation is 1. The van der Waals surface area contributed by atoms with E-state index in [1.54, 1.807) is 24.3 Å². The lowest BCUT2D eigenvalue weighted by molar-refractivity contribution is -0.136. The third-order valence-electron chi connectivity index (χ3n) is 3.38. The largest absolute Gasteiger partial charge is 0.454 e. The van der Waals surface area contributed by atoms with Gasteiger partial charge in [0, 0.05) is 15.7 Å². The number of anilines is 1. The molecular weight excluding hydrogens is 390 g/mol. The zero-order valence-corrected chi connectivity index (χ0v) is 14.8. The minimum Gasteiger partial charge on any atom is -0.454 e. The second-order valence-corrected chi connectivity index (χ2v) is 6.10. The maximum absolute atomic E-state index is 11.8. The SMILES string of the molecule is Cc1ccc(NC(=O)C(=O)N/N=C\c2cc3c(cc2Br)OCO3)cc1. The second-order valence-electron chi connectivity index (χ2n) is 5.25. The van der Waals surface area contributed by atoms with Crippen molar-refractivity contribution >= 4 is 39.6 Å². The predicted octanol–water partition coefficient (Wildman–Crippen LogP) is 2.58. The molecule has 2 aromatic carbocycles. The highest BCUT2D eigenvalue weighted by atomic mass is 79.9. The molecule has 128 valence electrons. The van der Waals surface area contributed by atoms with Crippen molar-refractivity contribution in [3.05, 3.63) is 52.0 Å². The van der Waals surface area contributed by atoms with Gasteiger partial charge in [0.05, 0.1) is 6.21 Å². The van der Waals surface area contributed by atoms with Gasteiger partial charge in [-0.2, -0.15) is 5.10 Å². The molecule has 0 aromatic heterocycles. The molecule has 25 heavy (non-hydrogen) atoms. The maximum Gasteiger partial charge on any atom is 0.329 e. The Balaban J connectivity index is 1.59. The Hall–Kier alpha value is -2.87. The van der Waals surface area contributed by atoms with Crippen molar-refractivity contribution in [2.75, 3.05) is 12.1 Å². The number of amides is 2. The van der Waals surface area contributed by atoms with Crippen LogP contribution in [0.15, 0.2) is 46.0 Å². The normalized spacial score (nSPS) is 12.2. The first-order chi connectivity index (χ1) is 12.0. The van der Waals surface area contributed by atoms with Gasteiger partial charge in [0.15, 0.2) is 11.5 Å². The third kappa shape index (κ3) is 4.16. The highest BCUT2D eigenvalue weighted by molar-refractivity contribution is 9.10. The second kappa shape index (κ2) is 7.35. The highest BCUT2D eigenvalue weighted by Gasteiger charge is 2.16. The fourth-order valence-electron chi connectivity index (χ4n) is 2.07. The Morgan fingerprint density at radius 1 is 1.12 bits per heavy atom. The van der Waals surface area contributed by atoms with E-state index in [0.29, 0.717) is 22.7 Å². The van der Waals surface area contributed by atoms with Gasteiger partial charge < -0.3 is 14.8 Å². The Morgan fingerprint density at radius 2 is 1.80 bits per heavy atom. The molecule has 1 heterocycles. The van der Waals surface area contributed by atoms with Crippen molar-refractivity contribution in [3.63, 3.8) is 0 Å². The summed E-state index contributed by atoms with van der Waals surface area (Å²) in [6.07, 6.45) is 1.41. The Bertz CT molecular complexity index is 850. The number of halogens is 1. The first-order valence-electron chi connectivity index (χ1n) is 7.33. The molecule has 8 heteroatoms. The fourth-order valence-corrected chi connectivity index (χ4v) is 2.49. The quantitative estimate of drug-likeness (QED) is 0.468. The average molecular weight is 404 g/mol. The summed E-state index contributed by atoms with van der Waals surface area (Å²) in [4.78, 5) is 23.6. The summed E-state index contributed by atoms with van der Waals surface area (Å²) < 4.78 is 11.3. The van der Waals surface area contributed by atoms with Gasteiger partial charge in [-0.25, -0.2) is 5.43 Å². The topological polar surface area (TPSA) is 89.0 Å². The molecule has 2 amide bonds. The number of hydrogen-bond acceptors (Lipinski definition) is 5. The van der Waals surface area contributed by atoms with Gasteiger partial charge in [0.25, 0.3) is 0 Å². The molecule has 0 bridgehead atoms. The van der Waals surface area contributed by atoms with Gasteiger partial charge in [-0.1, -0.05) is 17.7 Å². The van der Waals surface area contributed by atoms with Crippen LogP contribution in [-0.4, -0.2) is 24.8 Å². The molecule has 1 aliphatic rings. The van der Waals surface area contributed by atoms with E-state index in [0.717, 1.165) is 10.0 Å². The van der Waals surface area contributed by atoms with Gasteiger partial charge in [-0.15, -0.1) is 0 Å². The van der Waals surface area contributed by atoms with Gasteiger partial charge in [-0.3, -0.25) is 9.59 Å². The lowest BCUT2D eigenvalue weighted by atomic mass is 10.2. The molecule has 3 rings (SSSR count). The summed E-state index contributed by atoms with van der Waals surface area (Å²) >= 11 is 3.38. The summed E-state index contributed by atoms with van der Waals surface area (Å²) in [6, 6.07) is 10.6. The van der Waals surface area contributed by atoms with Crippen LogP contribution in [0.25, 0.3) is 0 Å². The monoisotopic (exact) mass is 403 g/mol. The highest BCUT2D eigenvalue weighted by Crippen LogP contribution is 2.36. The zero-order chi connectivity index (χ0) is 17.8. The molecule has 2 N–H and O–H groups in total. The first kappa shape index (κ1) is 17.0. The van der Waals surface area contributed by atoms with Crippen LogP contribution in [0.2, 0.25) is 0 Å². The molecular formula is C17H14BrN3O4. The molecule has 0 atom stereocenters. The van der Waals surface area contributed by atoms with Gasteiger partial charge in [0.1, 0.15) is 0 Å². The minimum absolute atomic E-state index is 0.165. The number of nitrogens with zero attached hydrogens (tertiary/aromatic N) is 1. The van der Waals surface area contributed by atoms with Crippen LogP contribution in [-0.2, 0) is 9.59 Å². The standard InChI is InChI=1S/C17H14BrN3O4/c1-10-2-4-12(5-3-10)20-16(22)17(23)21-19-8-11-6-14-15(7-13(11)18)25-9-24-14/h2-8H,9H2,1H3,(H,20,22)(H,21,23)/b19-8-. The predicted molar refractivity (Wildman–Crippen MR) is 95.8 cm³/mol. The van der Waals surface area contributed by atoms with Crippen LogP contribution in [0.4, 0.5) is 5.69 Å². The van der Waals surface area contributed by atoms with Crippen molar-refractivity contribution in [3.8, 4) is 11.5 Å². The fraction of sp³-hybridized carbons (Fsp3) is 0.118. The Morgan fingerprint density at radius 3 is 2.52 bits per heavy atom. The van der Waals surface area contributed by atoms with Crippen molar-refractivity contribution in [2.45, 2.75) is 6.92 Å². The Labute approximate surface area is 152 Å². The maximum atomic E-state index is 11.8. The number of benzene rings is 2. The van der Waals surface area contributed by atoms with Crippen molar-refractivity contribution in [1.82, 2.24) is 5.43 Å². The molecule has 0 unspecified atom stereocenters. The van der Waals surface area contributed by atoms with Crippen molar-refractivity contribution in [2.24, 2.45) is 5.10 Å². The number of rotatable bonds is 3. The number of ether oxygens (including phenoxy) is 2. The smallest absolute Gasteiger partial charge is 0.329 e. The van der Waals surface area contributed by atoms with E-state index in [1.165, 1.54) is 6.21 Å². The van der Waals surface area contributed by atoms with E-state index in [-0.39, 0.29) is 6.79 Å². The number of hydrazone groups is 1. The van der Waals surface area contributed by atoms with E-state index in [1.807, 2.05) is 19.1 Å². The van der Waals surface area contributed by atoms with Crippen molar-refractivity contribution in [1.29, 1.82) is 0 Å². The van der Waals surface area contributed by atoms with E-state index >= 15 is 0 Å². The summed E-state index contributed by atoms with van der Waals surface area (Å²) in [7, 11) is 0. The average Bonchev–Trinajstić information content (AvgIpc) is 3.04. The van der Waals surface area contributed by atoms with Crippen molar-refractivity contribution < 1.29 is 19.1 Å². The number of nitrogens with one attached hydrogen (secondary N) is 2. The number of carbonyl (C=O) groups excluding carboxylic acids is 2. The minimum atomic E-state index is -0.867. The Kier molecular flexibility index (Phi) is 4.99. The first-order valence-corrected chi connectivity index (χ1v) is 8.12. The molecule has 0 fully saturated rings. The lowest BCUT2D eigenvalue weighted by Crippen LogP contribution is -2.32. The molecule has 0 radical (unpaired) electrons. The van der Waals surface area contributed by atoms with Crippen LogP contribution in [0.3, 0.4) is 0 Å². The number of fused-ring (bicyclic) bond motifs is 1. The summed E-state index contributed by atoms with van der Waals surface area (Å²) in [6.45, 7) is 2.10. The van der Waals surface area contributed by atoms with E-state index in [9.17, 15) is 9.59 Å². The van der Waals surface area contributed by atoms with Crippen LogP contribution >= 0.6 is 15.9 Å². The number of hydrogen-bond donors (Lipinski definition) is 2. The van der Waals surface area contributed by atoms with Gasteiger partial charge in [-0.05, 0) is 47.1 Å². The summed E-state index contributed by atoms with van der Waals surface area (Å²) in [5.74, 6) is -0.446. The molecule has 0 aliphatic carbocycles. The summed E-state index contributed by atoms with van der Waals surface area (Å²) in [5.41, 5.74) is 4.45. The van der Waals surface area contributed by atoms with Crippen LogP contribution in [0, 0.1) is 6.92 Å². The van der Waals surface area contributed by atoms with Crippen LogP contribution < -0.4 is 20.2 Å². The number of carbonyl (C=O) groups is 2. The summed E-state index contributed by atoms with van der Waals surface area (Å²) in [5, 5.41) is 6.29. The lowest BCUT2D eigenvalue weighted by Gasteiger charge is -2.04. The van der Waals surface area contributed by atoms with Gasteiger partial charge in [0.2, 0.25) is 6.79 Å². The molecule has 0 saturated heterocycles. The molecule has 1 aliphatic heterocycles. The zero-order valence-electron chi connectivity index (χ0n) is 13.2.